The molecule has 0 bridgehead atoms. The van der Waals surface area contributed by atoms with E-state index in [1.165, 1.54) is 35.4 Å². The molecule has 0 aliphatic carbocycles. The van der Waals surface area contributed by atoms with E-state index in [4.69, 9.17) is 4.74 Å². The lowest BCUT2D eigenvalue weighted by Crippen LogP contribution is -2.32. The molecule has 0 saturated heterocycles. The number of amides is 1. The summed E-state index contributed by atoms with van der Waals surface area (Å²) < 4.78 is 9.21. The van der Waals surface area contributed by atoms with Crippen LogP contribution in [0.5, 0.6) is 5.75 Å². The summed E-state index contributed by atoms with van der Waals surface area (Å²) in [6, 6.07) is 5.94. The summed E-state index contributed by atoms with van der Waals surface area (Å²) in [5.74, 6) is 0.140. The molecule has 35 heavy (non-hydrogen) atoms. The fraction of sp³-hybridized carbons (Fsp3) is 0.444. The average molecular weight is 478 g/mol. The normalized spacial score (nSPS) is 13.8. The van der Waals surface area contributed by atoms with Crippen molar-refractivity contribution >= 4 is 5.91 Å². The van der Waals surface area contributed by atoms with Crippen molar-refractivity contribution in [1.82, 2.24) is 24.3 Å². The summed E-state index contributed by atoms with van der Waals surface area (Å²) >= 11 is 0. The number of benzene rings is 1. The maximum absolute atomic E-state index is 13.2. The Kier molecular flexibility index (Phi) is 7.70. The number of nitrogens with zero attached hydrogens (tertiary/aromatic N) is 4. The van der Waals surface area contributed by atoms with Gasteiger partial charge >= 0.3 is 0 Å². The maximum Gasteiger partial charge on any atom is 0.256 e. The number of nitrogens with one attached hydrogen (secondary N) is 1. The molecular weight excluding hydrogens is 442 g/mol. The molecule has 186 valence electrons. The standard InChI is InChI=1S/C27H35N5O3/c1-19-14-21(3)22(15-20(19)2)17-30-10-6-23-26(24(35-4)16-25(33)32(23)13-12-30)27(34)29-7-5-9-31-11-8-28-18-31/h8,11,14-16,18H,5-7,9-10,12-13,17H2,1-4H3,(H,29,34). The van der Waals surface area contributed by atoms with Crippen molar-refractivity contribution in [3.05, 3.63) is 80.8 Å². The number of fused-ring (bicyclic) bond motifs is 1. The highest BCUT2D eigenvalue weighted by Gasteiger charge is 2.25. The number of aryl methyl sites for hydroxylation is 4. The molecular formula is C27H35N5O3. The lowest BCUT2D eigenvalue weighted by molar-refractivity contribution is 0.0947. The van der Waals surface area contributed by atoms with Gasteiger partial charge in [-0.25, -0.2) is 4.98 Å². The Morgan fingerprint density at radius 3 is 2.63 bits per heavy atom. The second kappa shape index (κ2) is 10.9. The molecule has 1 N–H and O–H groups in total. The van der Waals surface area contributed by atoms with Gasteiger partial charge in [0.2, 0.25) is 0 Å². The summed E-state index contributed by atoms with van der Waals surface area (Å²) in [6.45, 7) is 10.6. The van der Waals surface area contributed by atoms with E-state index < -0.39 is 0 Å². The van der Waals surface area contributed by atoms with Crippen LogP contribution < -0.4 is 15.6 Å². The zero-order valence-electron chi connectivity index (χ0n) is 21.1. The van der Waals surface area contributed by atoms with E-state index in [9.17, 15) is 9.59 Å². The van der Waals surface area contributed by atoms with Gasteiger partial charge in [-0.15, -0.1) is 0 Å². The second-order valence-electron chi connectivity index (χ2n) is 9.32. The molecule has 0 fully saturated rings. The molecule has 3 heterocycles. The van der Waals surface area contributed by atoms with E-state index in [0.29, 0.717) is 30.8 Å². The van der Waals surface area contributed by atoms with E-state index in [-0.39, 0.29) is 11.5 Å². The van der Waals surface area contributed by atoms with Gasteiger partial charge in [-0.1, -0.05) is 12.1 Å². The summed E-state index contributed by atoms with van der Waals surface area (Å²) in [5.41, 5.74) is 6.27. The van der Waals surface area contributed by atoms with Crippen LogP contribution in [0.1, 0.15) is 44.7 Å². The van der Waals surface area contributed by atoms with E-state index >= 15 is 0 Å². The SMILES string of the molecule is COc1cc(=O)n2c(c1C(=O)NCCCn1ccnc1)CCN(Cc1cc(C)c(C)cc1C)CC2. The Morgan fingerprint density at radius 2 is 1.89 bits per heavy atom. The highest BCUT2D eigenvalue weighted by atomic mass is 16.5. The number of carbonyl (C=O) groups is 1. The summed E-state index contributed by atoms with van der Waals surface area (Å²) in [7, 11) is 1.51. The molecule has 0 saturated carbocycles. The Bertz CT molecular complexity index is 1250. The van der Waals surface area contributed by atoms with Crippen LogP contribution >= 0.6 is 0 Å². The number of ether oxygens (including phenoxy) is 1. The molecule has 0 atom stereocenters. The van der Waals surface area contributed by atoms with Crippen LogP contribution in [-0.4, -0.2) is 51.7 Å². The lowest BCUT2D eigenvalue weighted by Gasteiger charge is -2.21. The van der Waals surface area contributed by atoms with Crippen molar-refractivity contribution < 1.29 is 9.53 Å². The number of methoxy groups -OCH3 is 1. The molecule has 0 radical (unpaired) electrons. The molecule has 1 amide bonds. The zero-order chi connectivity index (χ0) is 24.9. The molecule has 4 rings (SSSR count). The Morgan fingerprint density at radius 1 is 1.09 bits per heavy atom. The summed E-state index contributed by atoms with van der Waals surface area (Å²) in [5, 5.41) is 3.01. The second-order valence-corrected chi connectivity index (χ2v) is 9.32. The van der Waals surface area contributed by atoms with Gasteiger partial charge in [0.25, 0.3) is 11.5 Å². The minimum Gasteiger partial charge on any atom is -0.496 e. The van der Waals surface area contributed by atoms with Crippen LogP contribution in [0.15, 0.2) is 41.7 Å². The van der Waals surface area contributed by atoms with Crippen molar-refractivity contribution in [2.24, 2.45) is 0 Å². The first-order valence-electron chi connectivity index (χ1n) is 12.2. The Labute approximate surface area is 206 Å². The Balaban J connectivity index is 1.50. The van der Waals surface area contributed by atoms with Gasteiger partial charge in [-0.2, -0.15) is 0 Å². The summed E-state index contributed by atoms with van der Waals surface area (Å²) in [4.78, 5) is 32.5. The van der Waals surface area contributed by atoms with Crippen LogP contribution in [0.3, 0.4) is 0 Å². The Hall–Kier alpha value is -3.39. The topological polar surface area (TPSA) is 81.4 Å². The van der Waals surface area contributed by atoms with E-state index in [1.54, 1.807) is 17.1 Å². The fourth-order valence-electron chi connectivity index (χ4n) is 4.76. The molecule has 1 aliphatic heterocycles. The third-order valence-corrected chi connectivity index (χ3v) is 6.92. The monoisotopic (exact) mass is 477 g/mol. The van der Waals surface area contributed by atoms with Crippen molar-refractivity contribution in [2.45, 2.75) is 53.2 Å². The first-order chi connectivity index (χ1) is 16.9. The smallest absolute Gasteiger partial charge is 0.256 e. The van der Waals surface area contributed by atoms with Crippen molar-refractivity contribution in [3.63, 3.8) is 0 Å². The zero-order valence-corrected chi connectivity index (χ0v) is 21.1. The van der Waals surface area contributed by atoms with Crippen LogP contribution in [0.25, 0.3) is 0 Å². The minimum atomic E-state index is -0.199. The molecule has 3 aromatic rings. The minimum absolute atomic E-state index is 0.127. The predicted octanol–water partition coefficient (Wildman–Crippen LogP) is 2.86. The maximum atomic E-state index is 13.2. The summed E-state index contributed by atoms with van der Waals surface area (Å²) in [6.07, 6.45) is 6.79. The van der Waals surface area contributed by atoms with E-state index in [1.807, 2.05) is 10.8 Å². The molecule has 1 aromatic carbocycles. The van der Waals surface area contributed by atoms with Crippen LogP contribution in [0.4, 0.5) is 0 Å². The lowest BCUT2D eigenvalue weighted by atomic mass is 10.0. The molecule has 8 heteroatoms. The fourth-order valence-corrected chi connectivity index (χ4v) is 4.76. The van der Waals surface area contributed by atoms with Gasteiger partial charge in [0.1, 0.15) is 11.3 Å². The van der Waals surface area contributed by atoms with Crippen molar-refractivity contribution in [1.29, 1.82) is 0 Å². The number of aromatic nitrogens is 3. The van der Waals surface area contributed by atoms with Gasteiger partial charge in [0.05, 0.1) is 13.4 Å². The highest BCUT2D eigenvalue weighted by molar-refractivity contribution is 5.98. The van der Waals surface area contributed by atoms with Crippen molar-refractivity contribution in [2.75, 3.05) is 26.7 Å². The van der Waals surface area contributed by atoms with Gasteiger partial charge < -0.3 is 19.2 Å². The molecule has 0 unspecified atom stereocenters. The van der Waals surface area contributed by atoms with Crippen LogP contribution in [-0.2, 0) is 26.1 Å². The third-order valence-electron chi connectivity index (χ3n) is 6.92. The number of hydrogen-bond acceptors (Lipinski definition) is 5. The predicted molar refractivity (Wildman–Crippen MR) is 136 cm³/mol. The van der Waals surface area contributed by atoms with E-state index in [2.05, 4.69) is 48.1 Å². The third kappa shape index (κ3) is 5.65. The largest absolute Gasteiger partial charge is 0.496 e. The first-order valence-corrected chi connectivity index (χ1v) is 12.2. The average Bonchev–Trinajstić information content (AvgIpc) is 3.26. The number of rotatable bonds is 8. The number of imidazole rings is 1. The van der Waals surface area contributed by atoms with Crippen molar-refractivity contribution in [3.8, 4) is 5.75 Å². The molecule has 8 nitrogen and oxygen atoms in total. The number of carbonyl (C=O) groups excluding carboxylic acids is 1. The first kappa shape index (κ1) is 24.7. The number of hydrogen-bond donors (Lipinski definition) is 1. The van der Waals surface area contributed by atoms with Gasteiger partial charge in [-0.05, 0) is 49.4 Å². The number of pyridine rings is 1. The molecule has 0 spiro atoms. The highest BCUT2D eigenvalue weighted by Crippen LogP contribution is 2.24. The molecule has 2 aromatic heterocycles. The quantitative estimate of drug-likeness (QED) is 0.505. The van der Waals surface area contributed by atoms with E-state index in [0.717, 1.165) is 38.3 Å². The van der Waals surface area contributed by atoms with Gasteiger partial charge in [-0.3, -0.25) is 14.5 Å². The van der Waals surface area contributed by atoms with Gasteiger partial charge in [0, 0.05) is 69.8 Å². The van der Waals surface area contributed by atoms with Crippen LogP contribution in [0, 0.1) is 20.8 Å². The molecule has 1 aliphatic rings. The van der Waals surface area contributed by atoms with Crippen LogP contribution in [0.2, 0.25) is 0 Å². The van der Waals surface area contributed by atoms with Gasteiger partial charge in [0.15, 0.2) is 0 Å².